The Balaban J connectivity index is 2.08. The van der Waals surface area contributed by atoms with Crippen LogP contribution in [0.1, 0.15) is 16.9 Å². The second kappa shape index (κ2) is 7.33. The van der Waals surface area contributed by atoms with Crippen molar-refractivity contribution in [1.29, 1.82) is 0 Å². The molecule has 0 saturated carbocycles. The molecular weight excluding hydrogens is 392 g/mol. The molecule has 1 aliphatic rings. The highest BCUT2D eigenvalue weighted by atomic mass is 32.1. The third kappa shape index (κ3) is 3.62. The fourth-order valence-corrected chi connectivity index (χ4v) is 3.92. The monoisotopic (exact) mass is 406 g/mol. The Morgan fingerprint density at radius 3 is 2.74 bits per heavy atom. The summed E-state index contributed by atoms with van der Waals surface area (Å²) < 4.78 is 6.74. The lowest BCUT2D eigenvalue weighted by molar-refractivity contribution is -0.137. The lowest BCUT2D eigenvalue weighted by Crippen LogP contribution is -2.11. The highest BCUT2D eigenvalue weighted by Crippen LogP contribution is 2.40. The van der Waals surface area contributed by atoms with Gasteiger partial charge in [-0.25, -0.2) is 9.79 Å². The minimum Gasteiger partial charge on any atom is -0.497 e. The second-order valence-electron chi connectivity index (χ2n) is 5.56. The first-order valence-electron chi connectivity index (χ1n) is 7.68. The van der Waals surface area contributed by atoms with Crippen LogP contribution in [0.15, 0.2) is 23.2 Å². The average Bonchev–Trinajstić information content (AvgIpc) is 3.11. The molecule has 27 heavy (non-hydrogen) atoms. The van der Waals surface area contributed by atoms with E-state index in [1.807, 2.05) is 0 Å². The molecule has 0 radical (unpaired) electrons. The number of thiazole rings is 1. The van der Waals surface area contributed by atoms with E-state index in [9.17, 15) is 19.8 Å². The average molecular weight is 406 g/mol. The van der Waals surface area contributed by atoms with Crippen LogP contribution in [0.3, 0.4) is 0 Å². The fraction of sp³-hybridized carbons (Fsp3) is 0.176. The van der Waals surface area contributed by atoms with E-state index in [1.165, 1.54) is 17.8 Å². The summed E-state index contributed by atoms with van der Waals surface area (Å²) in [6.45, 7) is 0.0212. The molecule has 0 saturated heterocycles. The Morgan fingerprint density at radius 2 is 2.11 bits per heavy atom. The van der Waals surface area contributed by atoms with Gasteiger partial charge in [-0.05, 0) is 30.4 Å². The number of aromatic hydroxyl groups is 1. The number of carboxylic acids is 2. The van der Waals surface area contributed by atoms with Crippen molar-refractivity contribution in [2.24, 2.45) is 4.99 Å². The first-order valence-corrected chi connectivity index (χ1v) is 8.91. The Labute approximate surface area is 162 Å². The van der Waals surface area contributed by atoms with E-state index in [0.29, 0.717) is 31.4 Å². The van der Waals surface area contributed by atoms with E-state index in [2.05, 4.69) is 4.99 Å². The van der Waals surface area contributed by atoms with Gasteiger partial charge in [0.05, 0.1) is 24.1 Å². The molecule has 2 aromatic rings. The largest absolute Gasteiger partial charge is 0.497 e. The Morgan fingerprint density at radius 1 is 1.37 bits per heavy atom. The molecule has 0 unspecified atom stereocenters. The number of hydrogen-bond donors (Lipinski definition) is 3. The first kappa shape index (κ1) is 18.8. The van der Waals surface area contributed by atoms with Gasteiger partial charge in [0.2, 0.25) is 5.88 Å². The lowest BCUT2D eigenvalue weighted by atomic mass is 10.0. The number of ether oxygens (including phenoxy) is 1. The van der Waals surface area contributed by atoms with Crippen molar-refractivity contribution < 1.29 is 29.6 Å². The van der Waals surface area contributed by atoms with Crippen molar-refractivity contribution in [3.8, 4) is 11.6 Å². The summed E-state index contributed by atoms with van der Waals surface area (Å²) in [6.07, 6.45) is 1.30. The molecule has 1 aromatic carbocycles. The maximum atomic E-state index is 11.6. The maximum Gasteiger partial charge on any atom is 0.355 e. The predicted molar refractivity (Wildman–Crippen MR) is 103 cm³/mol. The van der Waals surface area contributed by atoms with Crippen molar-refractivity contribution in [2.75, 3.05) is 7.11 Å². The van der Waals surface area contributed by atoms with E-state index < -0.39 is 11.9 Å². The quantitative estimate of drug-likeness (QED) is 0.630. The highest BCUT2D eigenvalue weighted by molar-refractivity contribution is 7.73. The Kier molecular flexibility index (Phi) is 5.10. The van der Waals surface area contributed by atoms with Gasteiger partial charge in [0.25, 0.3) is 0 Å². The number of aliphatic carboxylic acids is 2. The molecule has 10 heteroatoms. The van der Waals surface area contributed by atoms with E-state index >= 15 is 0 Å². The van der Waals surface area contributed by atoms with Crippen LogP contribution in [-0.4, -0.2) is 44.6 Å². The molecule has 1 aromatic heterocycles. The van der Waals surface area contributed by atoms with Gasteiger partial charge >= 0.3 is 11.9 Å². The molecule has 0 spiro atoms. The smallest absolute Gasteiger partial charge is 0.355 e. The van der Waals surface area contributed by atoms with Crippen molar-refractivity contribution in [2.45, 2.75) is 13.0 Å². The molecular formula is C17H14N2O6S2. The van der Waals surface area contributed by atoms with Crippen LogP contribution in [0.2, 0.25) is 0 Å². The molecule has 0 amide bonds. The third-order valence-electron chi connectivity index (χ3n) is 3.90. The van der Waals surface area contributed by atoms with E-state index in [1.54, 1.807) is 18.2 Å². The van der Waals surface area contributed by atoms with Gasteiger partial charge in [-0.3, -0.25) is 9.36 Å². The van der Waals surface area contributed by atoms with Crippen LogP contribution in [0.5, 0.6) is 11.6 Å². The van der Waals surface area contributed by atoms with Crippen LogP contribution in [0, 0.1) is 3.95 Å². The Hall–Kier alpha value is -2.98. The number of carboxylic acid groups (broad SMARTS) is 2. The lowest BCUT2D eigenvalue weighted by Gasteiger charge is -2.05. The fourth-order valence-electron chi connectivity index (χ4n) is 2.62. The van der Waals surface area contributed by atoms with E-state index in [-0.39, 0.29) is 24.6 Å². The van der Waals surface area contributed by atoms with Gasteiger partial charge in [-0.15, -0.1) is 11.3 Å². The van der Waals surface area contributed by atoms with Crippen LogP contribution >= 0.6 is 23.6 Å². The van der Waals surface area contributed by atoms with E-state index in [0.717, 1.165) is 11.3 Å². The van der Waals surface area contributed by atoms with Crippen LogP contribution in [0.25, 0.3) is 11.6 Å². The summed E-state index contributed by atoms with van der Waals surface area (Å²) in [6, 6.07) is 5.00. The minimum atomic E-state index is -1.20. The van der Waals surface area contributed by atoms with Crippen molar-refractivity contribution in [1.82, 2.24) is 4.57 Å². The van der Waals surface area contributed by atoms with Gasteiger partial charge in [0, 0.05) is 23.7 Å². The first-order chi connectivity index (χ1) is 12.8. The number of hydrogen-bond acceptors (Lipinski definition) is 7. The summed E-state index contributed by atoms with van der Waals surface area (Å²) in [7, 11) is 1.50. The van der Waals surface area contributed by atoms with E-state index in [4.69, 9.17) is 22.1 Å². The topological polar surface area (TPSA) is 121 Å². The number of aliphatic imine (C=N–C) groups is 1. The SMILES string of the molecule is COc1ccc2c(c1)N=C(C(=O)O)/C2=C/c1sc(=S)n(CCC(=O)O)c1O. The van der Waals surface area contributed by atoms with Crippen LogP contribution in [-0.2, 0) is 16.1 Å². The zero-order valence-corrected chi connectivity index (χ0v) is 15.6. The zero-order chi connectivity index (χ0) is 19.7. The molecule has 0 fully saturated rings. The number of carbonyl (C=O) groups is 2. The van der Waals surface area contributed by atoms with Gasteiger partial charge in [0.1, 0.15) is 5.75 Å². The molecule has 2 heterocycles. The molecule has 1 aliphatic heterocycles. The van der Waals surface area contributed by atoms with Gasteiger partial charge < -0.3 is 20.1 Å². The summed E-state index contributed by atoms with van der Waals surface area (Å²) in [5.41, 5.74) is 1.21. The number of nitrogens with zero attached hydrogens (tertiary/aromatic N) is 2. The number of aromatic nitrogens is 1. The van der Waals surface area contributed by atoms with Gasteiger partial charge in [-0.2, -0.15) is 0 Å². The molecule has 140 valence electrons. The minimum absolute atomic E-state index is 0.0212. The molecule has 3 N–H and O–H groups in total. The maximum absolute atomic E-state index is 11.6. The van der Waals surface area contributed by atoms with Gasteiger partial charge in [-0.1, -0.05) is 0 Å². The van der Waals surface area contributed by atoms with Crippen LogP contribution in [0.4, 0.5) is 5.69 Å². The van der Waals surface area contributed by atoms with Crippen molar-refractivity contribution >= 4 is 58.5 Å². The summed E-state index contributed by atoms with van der Waals surface area (Å²) in [5, 5.41) is 28.7. The Bertz CT molecular complexity index is 1060. The van der Waals surface area contributed by atoms with Crippen LogP contribution < -0.4 is 4.74 Å². The number of benzene rings is 1. The number of fused-ring (bicyclic) bond motifs is 1. The predicted octanol–water partition coefficient (Wildman–Crippen LogP) is 3.18. The van der Waals surface area contributed by atoms with Crippen molar-refractivity contribution in [3.05, 3.63) is 32.6 Å². The normalized spacial score (nSPS) is 14.1. The summed E-state index contributed by atoms with van der Waals surface area (Å²) in [5.74, 6) is -1.88. The molecule has 8 nitrogen and oxygen atoms in total. The summed E-state index contributed by atoms with van der Waals surface area (Å²) >= 11 is 6.24. The standard InChI is InChI=1S/C17H14N2O6S2/c1-25-8-2-3-9-10(14(16(23)24)18-11(9)6-8)7-12-15(22)19(17(26)27-12)5-4-13(20)21/h2-3,6-7,22H,4-5H2,1H3,(H,20,21)(H,23,24)/b10-7+. The number of methoxy groups -OCH3 is 1. The molecule has 0 atom stereocenters. The second-order valence-corrected chi connectivity index (χ2v) is 7.23. The number of rotatable bonds is 6. The zero-order valence-electron chi connectivity index (χ0n) is 14.0. The molecule has 0 aliphatic carbocycles. The third-order valence-corrected chi connectivity index (χ3v) is 5.29. The molecule has 0 bridgehead atoms. The van der Waals surface area contributed by atoms with Crippen molar-refractivity contribution in [3.63, 3.8) is 0 Å². The molecule has 3 rings (SSSR count). The van der Waals surface area contributed by atoms with Gasteiger partial charge in [0.15, 0.2) is 9.67 Å². The highest BCUT2D eigenvalue weighted by Gasteiger charge is 2.27. The summed E-state index contributed by atoms with van der Waals surface area (Å²) in [4.78, 5) is 26.8.